The summed E-state index contributed by atoms with van der Waals surface area (Å²) in [5.41, 5.74) is 2.36. The first-order valence-corrected chi connectivity index (χ1v) is 9.21. The van der Waals surface area contributed by atoms with Crippen LogP contribution in [0.2, 0.25) is 0 Å². The Hall–Kier alpha value is -2.30. The van der Waals surface area contributed by atoms with Crippen molar-refractivity contribution in [2.45, 2.75) is 45.2 Å². The molecule has 2 aliphatic carbocycles. The van der Waals surface area contributed by atoms with Crippen molar-refractivity contribution in [3.63, 3.8) is 0 Å². The zero-order valence-electron chi connectivity index (χ0n) is 14.9. The molecule has 4 rings (SSSR count). The SMILES string of the molecule is CCn1nc(C(=O)NC2CC3CCC2C3)cc1-c1ccccc1OC. The Kier molecular flexibility index (Phi) is 4.24. The van der Waals surface area contributed by atoms with Crippen LogP contribution in [0, 0.1) is 11.8 Å². The zero-order valence-corrected chi connectivity index (χ0v) is 14.9. The van der Waals surface area contributed by atoms with Crippen molar-refractivity contribution < 1.29 is 9.53 Å². The average Bonchev–Trinajstić information content (AvgIpc) is 3.36. The molecule has 2 aromatic rings. The van der Waals surface area contributed by atoms with Crippen LogP contribution in [0.25, 0.3) is 11.3 Å². The highest BCUT2D eigenvalue weighted by molar-refractivity contribution is 5.94. The monoisotopic (exact) mass is 339 g/mol. The van der Waals surface area contributed by atoms with Crippen molar-refractivity contribution in [3.8, 4) is 17.0 Å². The van der Waals surface area contributed by atoms with E-state index in [-0.39, 0.29) is 5.91 Å². The summed E-state index contributed by atoms with van der Waals surface area (Å²) in [5.74, 6) is 2.21. The van der Waals surface area contributed by atoms with Gasteiger partial charge in [0.25, 0.3) is 5.91 Å². The smallest absolute Gasteiger partial charge is 0.272 e. The van der Waals surface area contributed by atoms with E-state index in [0.29, 0.717) is 24.2 Å². The Balaban J connectivity index is 1.59. The maximum atomic E-state index is 12.7. The first-order chi connectivity index (χ1) is 12.2. The third-order valence-electron chi connectivity index (χ3n) is 5.75. The molecule has 2 fully saturated rings. The normalized spacial score (nSPS) is 24.5. The molecule has 1 aromatic heterocycles. The van der Waals surface area contributed by atoms with Crippen molar-refractivity contribution >= 4 is 5.91 Å². The summed E-state index contributed by atoms with van der Waals surface area (Å²) in [6.07, 6.45) is 5.00. The van der Waals surface area contributed by atoms with Crippen LogP contribution in [0.5, 0.6) is 5.75 Å². The number of benzene rings is 1. The molecule has 5 heteroatoms. The predicted molar refractivity (Wildman–Crippen MR) is 96.6 cm³/mol. The first kappa shape index (κ1) is 16.2. The molecule has 2 aliphatic rings. The van der Waals surface area contributed by atoms with Crippen molar-refractivity contribution in [2.24, 2.45) is 11.8 Å². The van der Waals surface area contributed by atoms with Gasteiger partial charge in [0.1, 0.15) is 5.75 Å². The molecule has 1 heterocycles. The molecule has 3 unspecified atom stereocenters. The van der Waals surface area contributed by atoms with Gasteiger partial charge < -0.3 is 10.1 Å². The minimum atomic E-state index is -0.0547. The second-order valence-corrected chi connectivity index (χ2v) is 7.19. The number of hydrogen-bond donors (Lipinski definition) is 1. The lowest BCUT2D eigenvalue weighted by Gasteiger charge is -2.22. The fraction of sp³-hybridized carbons (Fsp3) is 0.500. The number of nitrogens with zero attached hydrogens (tertiary/aromatic N) is 2. The lowest BCUT2D eigenvalue weighted by Crippen LogP contribution is -2.38. The van der Waals surface area contributed by atoms with E-state index in [1.807, 2.05) is 41.9 Å². The molecular weight excluding hydrogens is 314 g/mol. The predicted octanol–water partition coefficient (Wildman–Crippen LogP) is 3.50. The maximum absolute atomic E-state index is 12.7. The molecule has 1 amide bonds. The van der Waals surface area contributed by atoms with Crippen molar-refractivity contribution in [1.29, 1.82) is 0 Å². The Morgan fingerprint density at radius 3 is 2.84 bits per heavy atom. The van der Waals surface area contributed by atoms with E-state index in [0.717, 1.165) is 29.3 Å². The standard InChI is InChI=1S/C20H25N3O2/c1-3-23-18(15-6-4-5-7-19(15)25-2)12-17(22-23)20(24)21-16-11-13-8-9-14(16)10-13/h4-7,12-14,16H,3,8-11H2,1-2H3,(H,21,24). The van der Waals surface area contributed by atoms with E-state index in [1.165, 1.54) is 19.3 Å². The van der Waals surface area contributed by atoms with Gasteiger partial charge in [-0.3, -0.25) is 9.48 Å². The second kappa shape index (κ2) is 6.54. The number of ether oxygens (including phenoxy) is 1. The van der Waals surface area contributed by atoms with Crippen LogP contribution in [-0.2, 0) is 6.54 Å². The molecule has 0 saturated heterocycles. The largest absolute Gasteiger partial charge is 0.496 e. The number of carbonyl (C=O) groups excluding carboxylic acids is 1. The summed E-state index contributed by atoms with van der Waals surface area (Å²) in [6, 6.07) is 10.0. The Morgan fingerprint density at radius 1 is 1.32 bits per heavy atom. The molecule has 3 atom stereocenters. The topological polar surface area (TPSA) is 56.2 Å². The Bertz CT molecular complexity index is 783. The number of methoxy groups -OCH3 is 1. The third kappa shape index (κ3) is 2.92. The van der Waals surface area contributed by atoms with Gasteiger partial charge in [-0.1, -0.05) is 18.6 Å². The fourth-order valence-corrected chi connectivity index (χ4v) is 4.51. The zero-order chi connectivity index (χ0) is 17.4. The van der Waals surface area contributed by atoms with E-state index in [4.69, 9.17) is 4.74 Å². The number of carbonyl (C=O) groups is 1. The van der Waals surface area contributed by atoms with Gasteiger partial charge in [-0.25, -0.2) is 0 Å². The van der Waals surface area contributed by atoms with Gasteiger partial charge in [0.2, 0.25) is 0 Å². The molecule has 0 radical (unpaired) electrons. The Morgan fingerprint density at radius 2 is 2.16 bits per heavy atom. The minimum absolute atomic E-state index is 0.0547. The van der Waals surface area contributed by atoms with Crippen LogP contribution in [-0.4, -0.2) is 28.8 Å². The van der Waals surface area contributed by atoms with Crippen LogP contribution in [0.3, 0.4) is 0 Å². The first-order valence-electron chi connectivity index (χ1n) is 9.21. The molecule has 5 nitrogen and oxygen atoms in total. The molecule has 0 aliphatic heterocycles. The van der Waals surface area contributed by atoms with Gasteiger partial charge in [0, 0.05) is 18.2 Å². The molecule has 2 saturated carbocycles. The summed E-state index contributed by atoms with van der Waals surface area (Å²) in [7, 11) is 1.66. The number of rotatable bonds is 5. The van der Waals surface area contributed by atoms with Crippen LogP contribution >= 0.6 is 0 Å². The van der Waals surface area contributed by atoms with Gasteiger partial charge in [-0.2, -0.15) is 5.10 Å². The molecule has 1 N–H and O–H groups in total. The number of fused-ring (bicyclic) bond motifs is 2. The van der Waals surface area contributed by atoms with Gasteiger partial charge in [-0.05, 0) is 56.2 Å². The van der Waals surface area contributed by atoms with E-state index in [1.54, 1.807) is 7.11 Å². The number of nitrogens with one attached hydrogen (secondary N) is 1. The molecule has 2 bridgehead atoms. The van der Waals surface area contributed by atoms with Gasteiger partial charge >= 0.3 is 0 Å². The Labute approximate surface area is 148 Å². The number of para-hydroxylation sites is 1. The lowest BCUT2D eigenvalue weighted by atomic mass is 9.95. The minimum Gasteiger partial charge on any atom is -0.496 e. The van der Waals surface area contributed by atoms with E-state index >= 15 is 0 Å². The van der Waals surface area contributed by atoms with Crippen LogP contribution in [0.1, 0.15) is 43.1 Å². The van der Waals surface area contributed by atoms with Gasteiger partial charge in [-0.15, -0.1) is 0 Å². The van der Waals surface area contributed by atoms with E-state index in [2.05, 4.69) is 10.4 Å². The quantitative estimate of drug-likeness (QED) is 0.907. The van der Waals surface area contributed by atoms with Crippen LogP contribution in [0.15, 0.2) is 30.3 Å². The number of amides is 1. The van der Waals surface area contributed by atoms with Gasteiger partial charge in [0.15, 0.2) is 5.69 Å². The summed E-state index contributed by atoms with van der Waals surface area (Å²) in [5, 5.41) is 7.76. The van der Waals surface area contributed by atoms with Gasteiger partial charge in [0.05, 0.1) is 12.8 Å². The highest BCUT2D eigenvalue weighted by Gasteiger charge is 2.40. The number of aromatic nitrogens is 2. The van der Waals surface area contributed by atoms with Crippen LogP contribution < -0.4 is 10.1 Å². The maximum Gasteiger partial charge on any atom is 0.272 e. The lowest BCUT2D eigenvalue weighted by molar-refractivity contribution is 0.0917. The molecule has 132 valence electrons. The third-order valence-corrected chi connectivity index (χ3v) is 5.75. The molecule has 25 heavy (non-hydrogen) atoms. The summed E-state index contributed by atoms with van der Waals surface area (Å²) in [4.78, 5) is 12.7. The number of hydrogen-bond acceptors (Lipinski definition) is 3. The molecule has 1 aromatic carbocycles. The number of aryl methyl sites for hydroxylation is 1. The molecule has 0 spiro atoms. The van der Waals surface area contributed by atoms with Crippen LogP contribution in [0.4, 0.5) is 0 Å². The van der Waals surface area contributed by atoms with Crippen molar-refractivity contribution in [2.75, 3.05) is 7.11 Å². The summed E-state index contributed by atoms with van der Waals surface area (Å²) in [6.45, 7) is 2.73. The highest BCUT2D eigenvalue weighted by atomic mass is 16.5. The highest BCUT2D eigenvalue weighted by Crippen LogP contribution is 2.44. The molecular formula is C20H25N3O2. The summed E-state index contributed by atoms with van der Waals surface area (Å²) >= 11 is 0. The van der Waals surface area contributed by atoms with E-state index in [9.17, 15) is 4.79 Å². The average molecular weight is 339 g/mol. The fourth-order valence-electron chi connectivity index (χ4n) is 4.51. The van der Waals surface area contributed by atoms with E-state index < -0.39 is 0 Å². The van der Waals surface area contributed by atoms with Crippen molar-refractivity contribution in [1.82, 2.24) is 15.1 Å². The second-order valence-electron chi connectivity index (χ2n) is 7.19. The van der Waals surface area contributed by atoms with Crippen molar-refractivity contribution in [3.05, 3.63) is 36.0 Å². The summed E-state index contributed by atoms with van der Waals surface area (Å²) < 4.78 is 7.34.